The summed E-state index contributed by atoms with van der Waals surface area (Å²) in [6.07, 6.45) is 5.38. The number of benzene rings is 1. The minimum atomic E-state index is -0.561. The highest BCUT2D eigenvalue weighted by molar-refractivity contribution is 5.69. The lowest BCUT2D eigenvalue weighted by Gasteiger charge is -2.44. The zero-order valence-corrected chi connectivity index (χ0v) is 25.2. The molecule has 1 aromatic carbocycles. The minimum Gasteiger partial charge on any atom is -0.444 e. The van der Waals surface area contributed by atoms with Gasteiger partial charge in [-0.2, -0.15) is 0 Å². The van der Waals surface area contributed by atoms with E-state index in [-0.39, 0.29) is 28.9 Å². The molecule has 2 N–H and O–H groups in total. The van der Waals surface area contributed by atoms with Gasteiger partial charge in [0.05, 0.1) is 24.0 Å². The fourth-order valence-corrected chi connectivity index (χ4v) is 7.13. The van der Waals surface area contributed by atoms with Crippen molar-refractivity contribution >= 4 is 17.4 Å². The summed E-state index contributed by atoms with van der Waals surface area (Å²) in [6.45, 7) is 12.9. The molecule has 0 spiro atoms. The summed E-state index contributed by atoms with van der Waals surface area (Å²) in [5.74, 6) is 0.923. The third-order valence-electron chi connectivity index (χ3n) is 9.72. The van der Waals surface area contributed by atoms with Crippen molar-refractivity contribution in [3.63, 3.8) is 0 Å². The van der Waals surface area contributed by atoms with E-state index < -0.39 is 11.2 Å². The molecule has 2 saturated carbocycles. The van der Waals surface area contributed by atoms with Crippen LogP contribution in [0.1, 0.15) is 70.3 Å². The number of carbonyl (C=O) groups excluding carboxylic acids is 1. The molecule has 0 radical (unpaired) electrons. The lowest BCUT2D eigenvalue weighted by molar-refractivity contribution is -0.0424. The molecule has 5 heterocycles. The van der Waals surface area contributed by atoms with Crippen LogP contribution in [-0.2, 0) is 20.5 Å². The van der Waals surface area contributed by atoms with Gasteiger partial charge in [0.1, 0.15) is 17.0 Å². The quantitative estimate of drug-likeness (QED) is 0.425. The van der Waals surface area contributed by atoms with Gasteiger partial charge in [0.25, 0.3) is 0 Å². The first kappa shape index (κ1) is 27.6. The van der Waals surface area contributed by atoms with Gasteiger partial charge in [-0.25, -0.2) is 18.7 Å². The van der Waals surface area contributed by atoms with Gasteiger partial charge < -0.3 is 25.0 Å². The van der Waals surface area contributed by atoms with Crippen LogP contribution in [0.15, 0.2) is 36.5 Å². The maximum absolute atomic E-state index is 14.0. The van der Waals surface area contributed by atoms with Crippen molar-refractivity contribution in [2.75, 3.05) is 31.1 Å². The lowest BCUT2D eigenvalue weighted by atomic mass is 9.68. The van der Waals surface area contributed by atoms with Gasteiger partial charge in [-0.3, -0.25) is 0 Å². The molecule has 224 valence electrons. The van der Waals surface area contributed by atoms with Crippen LogP contribution >= 0.6 is 0 Å². The smallest absolute Gasteiger partial charge is 0.408 e. The highest BCUT2D eigenvalue weighted by Gasteiger charge is 2.64. The number of carbonyl (C=O) groups is 1. The summed E-state index contributed by atoms with van der Waals surface area (Å²) in [6, 6.07) is 9.26. The fourth-order valence-electron chi connectivity index (χ4n) is 7.13. The maximum atomic E-state index is 14.0. The van der Waals surface area contributed by atoms with Crippen molar-refractivity contribution in [3.8, 4) is 0 Å². The monoisotopic (exact) mass is 576 g/mol. The van der Waals surface area contributed by atoms with Gasteiger partial charge in [0.2, 0.25) is 0 Å². The normalized spacial score (nSPS) is 29.5. The number of aryl methyl sites for hydroxylation is 1. The summed E-state index contributed by atoms with van der Waals surface area (Å²) < 4.78 is 27.7. The van der Waals surface area contributed by atoms with Gasteiger partial charge in [-0.1, -0.05) is 19.1 Å². The number of fused-ring (bicyclic) bond motifs is 2. The third kappa shape index (κ3) is 4.72. The van der Waals surface area contributed by atoms with Crippen molar-refractivity contribution in [1.82, 2.24) is 25.2 Å². The number of nitrogens with zero attached hydrogens (tertiary/aromatic N) is 4. The number of hydrogen-bond donors (Lipinski definition) is 2. The fraction of sp³-hybridized carbons (Fsp3) is 0.594. The van der Waals surface area contributed by atoms with Crippen LogP contribution in [0.5, 0.6) is 0 Å². The van der Waals surface area contributed by atoms with E-state index in [4.69, 9.17) is 19.6 Å². The average Bonchev–Trinajstić information content (AvgIpc) is 3.34. The summed E-state index contributed by atoms with van der Waals surface area (Å²) in [5, 5.41) is 11.8. The molecule has 9 nitrogen and oxygen atoms in total. The second kappa shape index (κ2) is 9.38. The molecule has 3 saturated heterocycles. The van der Waals surface area contributed by atoms with Crippen LogP contribution < -0.4 is 15.5 Å². The van der Waals surface area contributed by atoms with Gasteiger partial charge in [0.15, 0.2) is 11.5 Å². The first-order valence-electron chi connectivity index (χ1n) is 15.1. The maximum Gasteiger partial charge on any atom is 0.408 e. The number of nitrogens with one attached hydrogen (secondary N) is 2. The highest BCUT2D eigenvalue weighted by Crippen LogP contribution is 2.55. The Bertz CT molecular complexity index is 1540. The van der Waals surface area contributed by atoms with Gasteiger partial charge in [0, 0.05) is 37.0 Å². The Morgan fingerprint density at radius 1 is 1.24 bits per heavy atom. The Labute approximate surface area is 246 Å². The second-order valence-corrected chi connectivity index (χ2v) is 14.3. The average molecular weight is 577 g/mol. The Morgan fingerprint density at radius 2 is 2.05 bits per heavy atom. The minimum absolute atomic E-state index is 0.0955. The van der Waals surface area contributed by atoms with E-state index in [0.717, 1.165) is 61.2 Å². The van der Waals surface area contributed by atoms with E-state index in [1.165, 1.54) is 6.07 Å². The molecule has 2 aromatic heterocycles. The molecule has 5 fully saturated rings. The van der Waals surface area contributed by atoms with E-state index in [2.05, 4.69) is 41.6 Å². The Hall–Kier alpha value is -3.24. The van der Waals surface area contributed by atoms with Gasteiger partial charge in [-0.15, -0.1) is 5.10 Å². The predicted octanol–water partition coefficient (Wildman–Crippen LogP) is 4.61. The summed E-state index contributed by atoms with van der Waals surface area (Å²) in [5.41, 5.74) is 2.54. The molecule has 3 aromatic rings. The summed E-state index contributed by atoms with van der Waals surface area (Å²) in [7, 11) is 0. The van der Waals surface area contributed by atoms with E-state index >= 15 is 0 Å². The summed E-state index contributed by atoms with van der Waals surface area (Å²) >= 11 is 0. The van der Waals surface area contributed by atoms with Crippen molar-refractivity contribution in [2.24, 2.45) is 5.92 Å². The molecule has 10 heteroatoms. The number of rotatable bonds is 7. The van der Waals surface area contributed by atoms with Crippen LogP contribution in [0.25, 0.3) is 5.65 Å². The standard InChI is InChI=1S/C32H41FN6O3/c1-20-13-24(38-12-11-30(5,19-38)22-7-6-8-23(33)14-22)16-39-26(20)35-27(37-39)32-15-21(17-41-32)25(32)34-18-31(9-10-31)36-28(40)42-29(2,3)4/h6-8,13-14,16,21,25,34H,9-12,15,17-19H2,1-5H3,(H,36,40)/t21?,25?,30-,32?/m0/s1. The van der Waals surface area contributed by atoms with E-state index in [1.807, 2.05) is 31.4 Å². The molecule has 2 aliphatic carbocycles. The van der Waals surface area contributed by atoms with Crippen LogP contribution in [0.2, 0.25) is 0 Å². The molecule has 42 heavy (non-hydrogen) atoms. The molecular weight excluding hydrogens is 535 g/mol. The predicted molar refractivity (Wildman–Crippen MR) is 157 cm³/mol. The Morgan fingerprint density at radius 3 is 2.76 bits per heavy atom. The Balaban J connectivity index is 1.07. The SMILES string of the molecule is Cc1cc(N2CC[C@](C)(c3cccc(F)c3)C2)cn2nc(C34CC(CO3)C4NCC3(NC(=O)OC(C)(C)C)CC3)nc12. The summed E-state index contributed by atoms with van der Waals surface area (Å²) in [4.78, 5) is 19.8. The lowest BCUT2D eigenvalue weighted by Crippen LogP contribution is -2.61. The van der Waals surface area contributed by atoms with Crippen molar-refractivity contribution < 1.29 is 18.7 Å². The van der Waals surface area contributed by atoms with E-state index in [1.54, 1.807) is 12.1 Å². The first-order chi connectivity index (χ1) is 19.9. The second-order valence-electron chi connectivity index (χ2n) is 14.3. The number of anilines is 1. The number of halogens is 1. The van der Waals surface area contributed by atoms with E-state index in [0.29, 0.717) is 24.9 Å². The molecule has 3 unspecified atom stereocenters. The number of ether oxygens (including phenoxy) is 2. The molecule has 5 aliphatic rings. The zero-order chi connectivity index (χ0) is 29.5. The van der Waals surface area contributed by atoms with Crippen LogP contribution in [0.3, 0.4) is 0 Å². The molecule has 4 atom stereocenters. The first-order valence-corrected chi connectivity index (χ1v) is 15.1. The zero-order valence-electron chi connectivity index (χ0n) is 25.2. The van der Waals surface area contributed by atoms with Gasteiger partial charge >= 0.3 is 6.09 Å². The molecule has 2 bridgehead atoms. The molecular formula is C32H41FN6O3. The number of amides is 1. The van der Waals surface area contributed by atoms with Crippen molar-refractivity contribution in [3.05, 3.63) is 59.3 Å². The number of pyridine rings is 1. The Kier molecular flexibility index (Phi) is 6.16. The van der Waals surface area contributed by atoms with Crippen LogP contribution in [0.4, 0.5) is 14.9 Å². The number of aromatic nitrogens is 3. The number of alkyl carbamates (subject to hydrolysis) is 1. The van der Waals surface area contributed by atoms with E-state index in [9.17, 15) is 9.18 Å². The van der Waals surface area contributed by atoms with Crippen molar-refractivity contribution in [2.45, 2.75) is 88.5 Å². The number of hydrogen-bond acceptors (Lipinski definition) is 7. The third-order valence-corrected chi connectivity index (χ3v) is 9.72. The molecule has 3 aliphatic heterocycles. The highest BCUT2D eigenvalue weighted by atomic mass is 19.1. The van der Waals surface area contributed by atoms with Crippen LogP contribution in [0, 0.1) is 18.7 Å². The topological polar surface area (TPSA) is 93.0 Å². The molecule has 1 amide bonds. The largest absolute Gasteiger partial charge is 0.444 e. The molecule has 8 rings (SSSR count). The van der Waals surface area contributed by atoms with Crippen LogP contribution in [-0.4, -0.2) is 64.1 Å². The van der Waals surface area contributed by atoms with Crippen molar-refractivity contribution in [1.29, 1.82) is 0 Å². The van der Waals surface area contributed by atoms with Gasteiger partial charge in [-0.05, 0) is 82.7 Å².